The topological polar surface area (TPSA) is 89.7 Å². The van der Waals surface area contributed by atoms with Gasteiger partial charge in [0.05, 0.1) is 23.6 Å². The van der Waals surface area contributed by atoms with E-state index in [0.717, 1.165) is 0 Å². The van der Waals surface area contributed by atoms with Crippen LogP contribution < -0.4 is 0 Å². The molecule has 0 saturated carbocycles. The molecule has 1 aromatic carbocycles. The van der Waals surface area contributed by atoms with Crippen LogP contribution in [0, 0.1) is 15.5 Å². The van der Waals surface area contributed by atoms with E-state index in [4.69, 9.17) is 0 Å². The number of nitro groups is 1. The van der Waals surface area contributed by atoms with Crippen molar-refractivity contribution in [1.82, 2.24) is 0 Å². The van der Waals surface area contributed by atoms with Crippen molar-refractivity contribution in [3.8, 4) is 0 Å². The SMILES string of the molecule is COC(=O)C(C)(C)C(O)c1cccc([N+](=O)[O-])c1. The van der Waals surface area contributed by atoms with Crippen molar-refractivity contribution in [1.29, 1.82) is 0 Å². The van der Waals surface area contributed by atoms with Gasteiger partial charge >= 0.3 is 5.97 Å². The molecule has 0 aliphatic carbocycles. The third kappa shape index (κ3) is 2.65. The predicted molar refractivity (Wildman–Crippen MR) is 63.9 cm³/mol. The molecule has 0 heterocycles. The number of hydrogen-bond acceptors (Lipinski definition) is 5. The first-order valence-corrected chi connectivity index (χ1v) is 5.31. The highest BCUT2D eigenvalue weighted by molar-refractivity contribution is 5.76. The summed E-state index contributed by atoms with van der Waals surface area (Å²) in [5, 5.41) is 20.8. The fraction of sp³-hybridized carbons (Fsp3) is 0.417. The second-order valence-electron chi connectivity index (χ2n) is 4.47. The molecule has 1 unspecified atom stereocenters. The van der Waals surface area contributed by atoms with Crippen LogP contribution in [0.2, 0.25) is 0 Å². The van der Waals surface area contributed by atoms with Crippen molar-refractivity contribution >= 4 is 11.7 Å². The summed E-state index contributed by atoms with van der Waals surface area (Å²) in [6.45, 7) is 3.03. The highest BCUT2D eigenvalue weighted by atomic mass is 16.6. The molecular weight excluding hydrogens is 238 g/mol. The number of ether oxygens (including phenoxy) is 1. The number of nitrogens with zero attached hydrogens (tertiary/aromatic N) is 1. The maximum Gasteiger partial charge on any atom is 0.314 e. The Morgan fingerprint density at radius 2 is 2.11 bits per heavy atom. The highest BCUT2D eigenvalue weighted by Crippen LogP contribution is 2.35. The quantitative estimate of drug-likeness (QED) is 0.502. The number of carbonyl (C=O) groups is 1. The minimum atomic E-state index is -1.18. The van der Waals surface area contributed by atoms with Crippen molar-refractivity contribution in [2.45, 2.75) is 20.0 Å². The van der Waals surface area contributed by atoms with Gasteiger partial charge in [-0.3, -0.25) is 14.9 Å². The first-order chi connectivity index (χ1) is 8.30. The second-order valence-corrected chi connectivity index (χ2v) is 4.47. The van der Waals surface area contributed by atoms with E-state index in [0.29, 0.717) is 5.56 Å². The van der Waals surface area contributed by atoms with E-state index in [1.54, 1.807) is 0 Å². The fourth-order valence-electron chi connectivity index (χ4n) is 1.60. The number of hydrogen-bond donors (Lipinski definition) is 1. The van der Waals surface area contributed by atoms with E-state index in [2.05, 4.69) is 4.74 Å². The lowest BCUT2D eigenvalue weighted by molar-refractivity contribution is -0.385. The first kappa shape index (κ1) is 14.1. The van der Waals surface area contributed by atoms with Crippen molar-refractivity contribution in [2.75, 3.05) is 7.11 Å². The molecule has 0 aliphatic rings. The lowest BCUT2D eigenvalue weighted by Crippen LogP contribution is -2.32. The molecule has 6 nitrogen and oxygen atoms in total. The summed E-state index contributed by atoms with van der Waals surface area (Å²) >= 11 is 0. The maximum absolute atomic E-state index is 11.6. The Kier molecular flexibility index (Phi) is 4.03. The van der Waals surface area contributed by atoms with Crippen LogP contribution in [0.3, 0.4) is 0 Å². The third-order valence-electron chi connectivity index (χ3n) is 2.79. The van der Waals surface area contributed by atoms with Gasteiger partial charge in [0.25, 0.3) is 5.69 Å². The number of aliphatic hydroxyl groups is 1. The number of methoxy groups -OCH3 is 1. The van der Waals surface area contributed by atoms with Gasteiger partial charge in [-0.1, -0.05) is 12.1 Å². The van der Waals surface area contributed by atoms with Crippen LogP contribution in [-0.4, -0.2) is 23.1 Å². The van der Waals surface area contributed by atoms with Gasteiger partial charge in [-0.25, -0.2) is 0 Å². The molecule has 98 valence electrons. The average Bonchev–Trinajstić information content (AvgIpc) is 2.36. The van der Waals surface area contributed by atoms with Gasteiger partial charge in [0, 0.05) is 12.1 Å². The molecule has 1 atom stereocenters. The van der Waals surface area contributed by atoms with E-state index in [1.807, 2.05) is 0 Å². The molecule has 0 amide bonds. The first-order valence-electron chi connectivity index (χ1n) is 5.31. The zero-order valence-electron chi connectivity index (χ0n) is 10.4. The molecule has 0 bridgehead atoms. The van der Waals surface area contributed by atoms with Crippen molar-refractivity contribution in [3.05, 3.63) is 39.9 Å². The van der Waals surface area contributed by atoms with Crippen LogP contribution >= 0.6 is 0 Å². The van der Waals surface area contributed by atoms with Crippen molar-refractivity contribution in [2.24, 2.45) is 5.41 Å². The van der Waals surface area contributed by atoms with Crippen molar-refractivity contribution in [3.63, 3.8) is 0 Å². The predicted octanol–water partition coefficient (Wildman–Crippen LogP) is 1.83. The zero-order chi connectivity index (χ0) is 13.9. The normalized spacial score (nSPS) is 12.9. The Hall–Kier alpha value is -1.95. The fourth-order valence-corrected chi connectivity index (χ4v) is 1.60. The maximum atomic E-state index is 11.6. The van der Waals surface area contributed by atoms with Crippen molar-refractivity contribution < 1.29 is 19.6 Å². The smallest absolute Gasteiger partial charge is 0.314 e. The second kappa shape index (κ2) is 5.14. The van der Waals surface area contributed by atoms with E-state index in [1.165, 1.54) is 45.2 Å². The lowest BCUT2D eigenvalue weighted by atomic mass is 9.82. The van der Waals surface area contributed by atoms with Gasteiger partial charge in [0.1, 0.15) is 0 Å². The molecule has 0 saturated heterocycles. The number of aliphatic hydroxyl groups excluding tert-OH is 1. The molecule has 0 spiro atoms. The molecule has 1 aromatic rings. The number of esters is 1. The van der Waals surface area contributed by atoms with Gasteiger partial charge in [-0.2, -0.15) is 0 Å². The van der Waals surface area contributed by atoms with E-state index >= 15 is 0 Å². The molecular formula is C12H15NO5. The Bertz CT molecular complexity index is 469. The molecule has 1 rings (SSSR count). The summed E-state index contributed by atoms with van der Waals surface area (Å²) < 4.78 is 4.60. The highest BCUT2D eigenvalue weighted by Gasteiger charge is 2.38. The number of non-ortho nitro benzene ring substituents is 1. The molecule has 1 N–H and O–H groups in total. The number of benzene rings is 1. The van der Waals surface area contributed by atoms with E-state index < -0.39 is 22.4 Å². The van der Waals surface area contributed by atoms with Crippen LogP contribution in [0.5, 0.6) is 0 Å². The van der Waals surface area contributed by atoms with E-state index in [-0.39, 0.29) is 5.69 Å². The minimum Gasteiger partial charge on any atom is -0.469 e. The molecule has 0 aromatic heterocycles. The number of carbonyl (C=O) groups excluding carboxylic acids is 1. The van der Waals surface area contributed by atoms with Gasteiger partial charge in [-0.05, 0) is 19.4 Å². The van der Waals surface area contributed by atoms with Crippen LogP contribution in [-0.2, 0) is 9.53 Å². The Morgan fingerprint density at radius 3 is 2.61 bits per heavy atom. The lowest BCUT2D eigenvalue weighted by Gasteiger charge is -2.27. The Labute approximate surface area is 104 Å². The Morgan fingerprint density at radius 1 is 1.50 bits per heavy atom. The van der Waals surface area contributed by atoms with Gasteiger partial charge < -0.3 is 9.84 Å². The standard InChI is InChI=1S/C12H15NO5/c1-12(2,11(15)18-3)10(14)8-5-4-6-9(7-8)13(16)17/h4-7,10,14H,1-3H3. The van der Waals surface area contributed by atoms with Gasteiger partial charge in [0.2, 0.25) is 0 Å². The monoisotopic (exact) mass is 253 g/mol. The summed E-state index contributed by atoms with van der Waals surface area (Å²) in [6, 6.07) is 5.56. The van der Waals surface area contributed by atoms with E-state index in [9.17, 15) is 20.0 Å². The molecule has 18 heavy (non-hydrogen) atoms. The largest absolute Gasteiger partial charge is 0.469 e. The molecule has 0 aliphatic heterocycles. The van der Waals surface area contributed by atoms with Gasteiger partial charge in [0.15, 0.2) is 0 Å². The number of rotatable bonds is 4. The zero-order valence-corrected chi connectivity index (χ0v) is 10.4. The molecule has 0 fully saturated rings. The third-order valence-corrected chi connectivity index (χ3v) is 2.79. The number of nitro benzene ring substituents is 1. The van der Waals surface area contributed by atoms with Crippen LogP contribution in [0.1, 0.15) is 25.5 Å². The molecule has 6 heteroatoms. The Balaban J connectivity index is 3.10. The average molecular weight is 253 g/mol. The summed E-state index contributed by atoms with van der Waals surface area (Å²) in [5.74, 6) is -0.582. The summed E-state index contributed by atoms with van der Waals surface area (Å²) in [5.41, 5.74) is -1.00. The van der Waals surface area contributed by atoms with Crippen LogP contribution in [0.25, 0.3) is 0 Å². The van der Waals surface area contributed by atoms with Crippen LogP contribution in [0.15, 0.2) is 24.3 Å². The summed E-state index contributed by atoms with van der Waals surface area (Å²) in [7, 11) is 1.23. The minimum absolute atomic E-state index is 0.132. The van der Waals surface area contributed by atoms with Crippen LogP contribution in [0.4, 0.5) is 5.69 Å². The molecule has 0 radical (unpaired) electrons. The summed E-state index contributed by atoms with van der Waals surface area (Å²) in [6.07, 6.45) is -1.18. The van der Waals surface area contributed by atoms with Gasteiger partial charge in [-0.15, -0.1) is 0 Å². The summed E-state index contributed by atoms with van der Waals surface area (Å²) in [4.78, 5) is 21.6.